The number of aromatic nitrogens is 2. The Kier molecular flexibility index (Phi) is 13.6. The van der Waals surface area contributed by atoms with Crippen LogP contribution in [-0.4, -0.2) is 82.0 Å². The third-order valence-electron chi connectivity index (χ3n) is 15.5. The van der Waals surface area contributed by atoms with Gasteiger partial charge in [-0.25, -0.2) is 9.37 Å². The summed E-state index contributed by atoms with van der Waals surface area (Å²) in [5.41, 5.74) is 8.32. The molecule has 1 saturated carbocycles. The van der Waals surface area contributed by atoms with Gasteiger partial charge in [-0.15, -0.1) is 11.3 Å². The number of carbonyl (C=O) groups excluding carboxylic acids is 4. The van der Waals surface area contributed by atoms with Crippen molar-refractivity contribution in [2.45, 2.75) is 117 Å². The summed E-state index contributed by atoms with van der Waals surface area (Å²) in [5.74, 6) is -1.00. The van der Waals surface area contributed by atoms with Gasteiger partial charge in [0.15, 0.2) is 0 Å². The first kappa shape index (κ1) is 48.5. The standard InChI is InChI=1S/C55H61FN4O7S.H2S/c1-8-49-57-28-48(68-49)55-60-43-16-15-32(31-11-14-35(18-31)44-22-38-23-45(38)59(44)54(64)40(30(4)5)27-51(62)66-7)20-37(43)24-46(60)52-41(56)21-36(25-47(52)67-55)33-12-13-34(19-33)42-10-9-17-58(42)53(63)39(29(2)3)26-50(61)65-6;/h11-16,20-21,24-25,28-30,38-40,42,44-45,55H,8-10,17-19,22-23,26-27H2,1-7H3;1H2/t38-,39-,40-,42-,44-,45+,55?;/m0./s1. The van der Waals surface area contributed by atoms with E-state index in [1.165, 1.54) is 19.8 Å². The first-order chi connectivity index (χ1) is 32.8. The lowest BCUT2D eigenvalue weighted by molar-refractivity contribution is -0.148. The highest BCUT2D eigenvalue weighted by Crippen LogP contribution is 2.53. The van der Waals surface area contributed by atoms with Crippen LogP contribution >= 0.6 is 24.8 Å². The molecular formula is C55H63FN4O7S2. The molecule has 7 atom stereocenters. The molecule has 10 rings (SSSR count). The molecule has 2 amide bonds. The van der Waals surface area contributed by atoms with Crippen LogP contribution in [0.1, 0.15) is 113 Å². The van der Waals surface area contributed by atoms with E-state index >= 15 is 4.39 Å². The van der Waals surface area contributed by atoms with Crippen LogP contribution in [0.25, 0.3) is 33.3 Å². The van der Waals surface area contributed by atoms with Gasteiger partial charge in [0.1, 0.15) is 11.6 Å². The van der Waals surface area contributed by atoms with Gasteiger partial charge in [0.25, 0.3) is 0 Å². The molecule has 3 aliphatic heterocycles. The fraction of sp³-hybridized carbons (Fsp3) is 0.473. The number of esters is 2. The summed E-state index contributed by atoms with van der Waals surface area (Å²) in [6, 6.07) is 12.2. The predicted molar refractivity (Wildman–Crippen MR) is 271 cm³/mol. The highest BCUT2D eigenvalue weighted by molar-refractivity contribution is 7.59. The van der Waals surface area contributed by atoms with E-state index in [0.29, 0.717) is 30.2 Å². The van der Waals surface area contributed by atoms with Gasteiger partial charge in [0.05, 0.1) is 77.6 Å². The minimum Gasteiger partial charge on any atom is -0.469 e. The zero-order valence-electron chi connectivity index (χ0n) is 40.6. The van der Waals surface area contributed by atoms with Gasteiger partial charge >= 0.3 is 11.9 Å². The van der Waals surface area contributed by atoms with Gasteiger partial charge in [0, 0.05) is 24.2 Å². The number of ether oxygens (including phenoxy) is 3. The summed E-state index contributed by atoms with van der Waals surface area (Å²) >= 11 is 1.60. The van der Waals surface area contributed by atoms with Crippen molar-refractivity contribution in [3.8, 4) is 17.0 Å². The third-order valence-corrected chi connectivity index (χ3v) is 16.7. The number of nitrogens with zero attached hydrogens (tertiary/aromatic N) is 4. The maximum Gasteiger partial charge on any atom is 0.306 e. The largest absolute Gasteiger partial charge is 0.469 e. The van der Waals surface area contributed by atoms with Crippen LogP contribution in [0, 0.1) is 35.4 Å². The molecule has 3 fully saturated rings. The summed E-state index contributed by atoms with van der Waals surface area (Å²) in [5, 5.41) is 1.96. The number of likely N-dealkylation sites (tertiary alicyclic amines) is 2. The molecular weight excluding hydrogens is 912 g/mol. The molecule has 0 N–H and O–H groups in total. The number of allylic oxidation sites excluding steroid dienone is 6. The van der Waals surface area contributed by atoms with Crippen molar-refractivity contribution in [1.29, 1.82) is 0 Å². The van der Waals surface area contributed by atoms with Crippen LogP contribution < -0.4 is 4.74 Å². The van der Waals surface area contributed by atoms with E-state index in [2.05, 4.69) is 58.9 Å². The van der Waals surface area contributed by atoms with Gasteiger partial charge in [-0.2, -0.15) is 13.5 Å². The van der Waals surface area contributed by atoms with Crippen molar-refractivity contribution in [2.75, 3.05) is 20.8 Å². The summed E-state index contributed by atoms with van der Waals surface area (Å²) in [4.78, 5) is 62.3. The number of piperidine rings is 1. The Morgan fingerprint density at radius 3 is 2.16 bits per heavy atom. The van der Waals surface area contributed by atoms with Crippen LogP contribution in [0.15, 0.2) is 78.0 Å². The Hall–Kier alpha value is -5.47. The molecule has 0 radical (unpaired) electrons. The number of carbonyl (C=O) groups is 4. The highest BCUT2D eigenvalue weighted by atomic mass is 32.1. The zero-order valence-corrected chi connectivity index (χ0v) is 42.4. The lowest BCUT2D eigenvalue weighted by Gasteiger charge is -2.33. The first-order valence-electron chi connectivity index (χ1n) is 24.4. The van der Waals surface area contributed by atoms with Crippen LogP contribution in [-0.2, 0) is 35.1 Å². The van der Waals surface area contributed by atoms with E-state index in [1.54, 1.807) is 17.4 Å². The normalized spacial score (nSPS) is 23.1. The average molecular weight is 975 g/mol. The quantitative estimate of drug-likeness (QED) is 0.115. The smallest absolute Gasteiger partial charge is 0.306 e. The van der Waals surface area contributed by atoms with E-state index in [-0.39, 0.29) is 85.9 Å². The number of aryl methyl sites for hydroxylation is 1. The van der Waals surface area contributed by atoms with Crippen molar-refractivity contribution < 1.29 is 37.8 Å². The monoisotopic (exact) mass is 974 g/mol. The number of hydrogen-bond donors (Lipinski definition) is 0. The molecule has 14 heteroatoms. The number of thiazole rings is 1. The molecule has 0 spiro atoms. The SMILES string of the molecule is CCc1ncc(C2Oc3cc(C4=CC=C([C@@H]5CCCN5C(=O)[C@@H](CC(=O)OC)C(C)C)C4)cc(F)c3-c3cc4cc(C5=CC=C([C@@H]6C[C@H]7C[C@H]7N6C(=O)[C@@H](CC(=O)OC)C(C)C)C5)ccc4n32)s1.S. The topological polar surface area (TPSA) is 120 Å². The molecule has 2 aromatic heterocycles. The number of benzene rings is 2. The number of rotatable bonds is 14. The van der Waals surface area contributed by atoms with Crippen LogP contribution in [0.3, 0.4) is 0 Å². The van der Waals surface area contributed by atoms with E-state index in [1.807, 2.05) is 50.9 Å². The maximum absolute atomic E-state index is 16.9. The van der Waals surface area contributed by atoms with Crippen molar-refractivity contribution in [3.63, 3.8) is 0 Å². The third kappa shape index (κ3) is 8.89. The summed E-state index contributed by atoms with van der Waals surface area (Å²) in [6.07, 6.45) is 15.7. The summed E-state index contributed by atoms with van der Waals surface area (Å²) < 4.78 is 35.9. The van der Waals surface area contributed by atoms with Gasteiger partial charge in [-0.3, -0.25) is 23.7 Å². The maximum atomic E-state index is 16.9. The number of methoxy groups -OCH3 is 2. The van der Waals surface area contributed by atoms with Crippen LogP contribution in [0.5, 0.6) is 5.75 Å². The van der Waals surface area contributed by atoms with Crippen molar-refractivity contribution in [3.05, 3.63) is 105 Å². The van der Waals surface area contributed by atoms with E-state index in [9.17, 15) is 19.2 Å². The summed E-state index contributed by atoms with van der Waals surface area (Å²) in [6.45, 7) is 10.7. The molecule has 5 heterocycles. The number of fused-ring (bicyclic) bond motifs is 6. The van der Waals surface area contributed by atoms with Crippen LogP contribution in [0.4, 0.5) is 4.39 Å². The highest BCUT2D eigenvalue weighted by Gasteiger charge is 2.56. The molecule has 69 heavy (non-hydrogen) atoms. The number of amides is 2. The minimum absolute atomic E-state index is 0. The predicted octanol–water partition coefficient (Wildman–Crippen LogP) is 10.6. The van der Waals surface area contributed by atoms with Crippen molar-refractivity contribution in [1.82, 2.24) is 19.4 Å². The van der Waals surface area contributed by atoms with Crippen molar-refractivity contribution >= 4 is 70.6 Å². The first-order valence-corrected chi connectivity index (χ1v) is 25.2. The second-order valence-electron chi connectivity index (χ2n) is 20.2. The number of hydrogen-bond acceptors (Lipinski definition) is 9. The lowest BCUT2D eigenvalue weighted by Crippen LogP contribution is -2.44. The fourth-order valence-corrected chi connectivity index (χ4v) is 12.4. The number of halogens is 1. The minimum atomic E-state index is -0.568. The van der Waals surface area contributed by atoms with Crippen molar-refractivity contribution in [2.24, 2.45) is 29.6 Å². The van der Waals surface area contributed by atoms with Gasteiger partial charge in [-0.05, 0) is 126 Å². The second kappa shape index (κ2) is 19.4. The molecule has 6 aliphatic rings. The van der Waals surface area contributed by atoms with E-state index in [4.69, 9.17) is 19.2 Å². The zero-order chi connectivity index (χ0) is 47.7. The second-order valence-corrected chi connectivity index (χ2v) is 21.4. The molecule has 1 unspecified atom stereocenters. The van der Waals surface area contributed by atoms with Crippen LogP contribution in [0.2, 0.25) is 0 Å². The molecule has 364 valence electrons. The molecule has 0 bridgehead atoms. The Balaban J connectivity index is 0.00000593. The van der Waals surface area contributed by atoms with Gasteiger partial charge < -0.3 is 24.0 Å². The Morgan fingerprint density at radius 1 is 0.841 bits per heavy atom. The van der Waals surface area contributed by atoms with E-state index < -0.39 is 18.1 Å². The van der Waals surface area contributed by atoms with Gasteiger partial charge in [-0.1, -0.05) is 65.0 Å². The summed E-state index contributed by atoms with van der Waals surface area (Å²) in [7, 11) is 2.73. The fourth-order valence-electron chi connectivity index (χ4n) is 11.6. The molecule has 3 aliphatic carbocycles. The molecule has 2 saturated heterocycles. The Bertz CT molecular complexity index is 2850. The molecule has 11 nitrogen and oxygen atoms in total. The molecule has 2 aromatic carbocycles. The average Bonchev–Trinajstić information content (AvgIpc) is 4.09. The van der Waals surface area contributed by atoms with Gasteiger partial charge in [0.2, 0.25) is 18.0 Å². The Labute approximate surface area is 414 Å². The van der Waals surface area contributed by atoms with E-state index in [0.717, 1.165) is 92.9 Å². The lowest BCUT2D eigenvalue weighted by atomic mass is 9.89. The Morgan fingerprint density at radius 2 is 1.51 bits per heavy atom. The molecule has 4 aromatic rings.